The molecule has 19 heavy (non-hydrogen) atoms. The molecule has 4 nitrogen and oxygen atoms in total. The fraction of sp³-hybridized carbons (Fsp3) is 0.500. The Balaban J connectivity index is 1.58. The van der Waals surface area contributed by atoms with Crippen molar-refractivity contribution in [1.82, 2.24) is 16.2 Å². The third kappa shape index (κ3) is 2.48. The first kappa shape index (κ1) is 12.6. The average molecular weight is 263 g/mol. The average Bonchev–Trinajstić information content (AvgIpc) is 2.99. The first-order valence-electron chi connectivity index (χ1n) is 6.78. The second-order valence-corrected chi connectivity index (χ2v) is 5.28. The van der Waals surface area contributed by atoms with Crippen LogP contribution in [0.15, 0.2) is 24.3 Å². The van der Waals surface area contributed by atoms with Crippen LogP contribution < -0.4 is 16.2 Å². The Bertz CT molecular complexity index is 480. The van der Waals surface area contributed by atoms with Gasteiger partial charge < -0.3 is 5.32 Å². The van der Waals surface area contributed by atoms with E-state index in [1.807, 2.05) is 0 Å². The molecular weight excluding hydrogens is 245 g/mol. The second-order valence-electron chi connectivity index (χ2n) is 5.28. The van der Waals surface area contributed by atoms with E-state index in [9.17, 15) is 9.18 Å². The number of benzene rings is 1. The summed E-state index contributed by atoms with van der Waals surface area (Å²) in [5, 5.41) is 2.81. The number of amides is 1. The summed E-state index contributed by atoms with van der Waals surface area (Å²) in [7, 11) is 0. The van der Waals surface area contributed by atoms with Crippen molar-refractivity contribution in [1.29, 1.82) is 0 Å². The van der Waals surface area contributed by atoms with Gasteiger partial charge in [-0.15, -0.1) is 0 Å². The van der Waals surface area contributed by atoms with Crippen LogP contribution in [-0.2, 0) is 11.3 Å². The molecule has 3 N–H and O–H groups in total. The van der Waals surface area contributed by atoms with Crippen molar-refractivity contribution in [2.24, 2.45) is 5.92 Å². The molecule has 3 atom stereocenters. The first-order valence-corrected chi connectivity index (χ1v) is 6.78. The molecule has 1 amide bonds. The predicted molar refractivity (Wildman–Crippen MR) is 69.4 cm³/mol. The highest BCUT2D eigenvalue weighted by Crippen LogP contribution is 2.31. The van der Waals surface area contributed by atoms with Gasteiger partial charge in [0, 0.05) is 24.1 Å². The minimum atomic E-state index is -0.279. The van der Waals surface area contributed by atoms with Crippen LogP contribution >= 0.6 is 0 Å². The van der Waals surface area contributed by atoms with Crippen molar-refractivity contribution < 1.29 is 9.18 Å². The third-order valence-corrected chi connectivity index (χ3v) is 4.12. The van der Waals surface area contributed by atoms with Gasteiger partial charge in [0.05, 0.1) is 0 Å². The van der Waals surface area contributed by atoms with Gasteiger partial charge in [0.1, 0.15) is 11.9 Å². The topological polar surface area (TPSA) is 53.2 Å². The van der Waals surface area contributed by atoms with Crippen LogP contribution in [0.2, 0.25) is 0 Å². The van der Waals surface area contributed by atoms with Gasteiger partial charge in [-0.2, -0.15) is 0 Å². The zero-order valence-electron chi connectivity index (χ0n) is 10.7. The van der Waals surface area contributed by atoms with Gasteiger partial charge in [0.25, 0.3) is 0 Å². The Morgan fingerprint density at radius 3 is 3.00 bits per heavy atom. The highest BCUT2D eigenvalue weighted by molar-refractivity contribution is 5.82. The fourth-order valence-corrected chi connectivity index (χ4v) is 3.06. The summed E-state index contributed by atoms with van der Waals surface area (Å²) in [5.74, 6) is 0.0322. The summed E-state index contributed by atoms with van der Waals surface area (Å²) in [4.78, 5) is 12.1. The number of hydrogen-bond donors (Lipinski definition) is 3. The van der Waals surface area contributed by atoms with Crippen molar-refractivity contribution in [3.05, 3.63) is 35.6 Å². The summed E-state index contributed by atoms with van der Waals surface area (Å²) in [6, 6.07) is 6.72. The number of halogens is 1. The maximum absolute atomic E-state index is 13.5. The third-order valence-electron chi connectivity index (χ3n) is 4.12. The number of carbonyl (C=O) groups excluding carboxylic acids is 1. The molecule has 1 aliphatic carbocycles. The van der Waals surface area contributed by atoms with Gasteiger partial charge in [0.15, 0.2) is 0 Å². The Morgan fingerprint density at radius 1 is 1.32 bits per heavy atom. The van der Waals surface area contributed by atoms with E-state index in [4.69, 9.17) is 0 Å². The molecule has 1 aromatic rings. The highest BCUT2D eigenvalue weighted by atomic mass is 19.1. The molecule has 0 bridgehead atoms. The van der Waals surface area contributed by atoms with Crippen LogP contribution in [0.1, 0.15) is 24.8 Å². The zero-order chi connectivity index (χ0) is 13.2. The number of hydrazine groups is 1. The number of nitrogens with one attached hydrogen (secondary N) is 3. The van der Waals surface area contributed by atoms with Gasteiger partial charge in [-0.05, 0) is 18.9 Å². The fourth-order valence-electron chi connectivity index (χ4n) is 3.06. The smallest absolute Gasteiger partial charge is 0.239 e. The van der Waals surface area contributed by atoms with Crippen molar-refractivity contribution in [3.63, 3.8) is 0 Å². The zero-order valence-corrected chi connectivity index (χ0v) is 10.7. The molecule has 1 saturated heterocycles. The van der Waals surface area contributed by atoms with E-state index in [-0.39, 0.29) is 24.3 Å². The van der Waals surface area contributed by atoms with Gasteiger partial charge in [-0.25, -0.2) is 9.82 Å². The second kappa shape index (κ2) is 5.27. The summed E-state index contributed by atoms with van der Waals surface area (Å²) in [6.07, 6.45) is 3.36. The molecule has 1 heterocycles. The van der Waals surface area contributed by atoms with Gasteiger partial charge in [-0.3, -0.25) is 10.2 Å². The number of fused-ring (bicyclic) bond motifs is 1. The predicted octanol–water partition coefficient (Wildman–Crippen LogP) is 1.09. The molecule has 0 radical (unpaired) electrons. The van der Waals surface area contributed by atoms with Gasteiger partial charge in [-0.1, -0.05) is 24.6 Å². The van der Waals surface area contributed by atoms with Crippen molar-refractivity contribution in [3.8, 4) is 0 Å². The van der Waals surface area contributed by atoms with Crippen molar-refractivity contribution >= 4 is 5.91 Å². The summed E-state index contributed by atoms with van der Waals surface area (Å²) < 4.78 is 13.5. The lowest BCUT2D eigenvalue weighted by atomic mass is 9.96. The Morgan fingerprint density at radius 2 is 2.16 bits per heavy atom. The van der Waals surface area contributed by atoms with Crippen LogP contribution in [0.5, 0.6) is 0 Å². The lowest BCUT2D eigenvalue weighted by molar-refractivity contribution is -0.123. The first-order chi connectivity index (χ1) is 9.25. The highest BCUT2D eigenvalue weighted by Gasteiger charge is 2.42. The van der Waals surface area contributed by atoms with Crippen LogP contribution in [0.3, 0.4) is 0 Å². The van der Waals surface area contributed by atoms with Crippen LogP contribution in [0.4, 0.5) is 4.39 Å². The largest absolute Gasteiger partial charge is 0.351 e. The lowest BCUT2D eigenvalue weighted by Gasteiger charge is -2.16. The Hall–Kier alpha value is -1.46. The lowest BCUT2D eigenvalue weighted by Crippen LogP contribution is -2.45. The van der Waals surface area contributed by atoms with Crippen molar-refractivity contribution in [2.75, 3.05) is 0 Å². The number of carbonyl (C=O) groups is 1. The molecule has 1 aromatic carbocycles. The maximum Gasteiger partial charge on any atom is 0.239 e. The van der Waals surface area contributed by atoms with Crippen molar-refractivity contribution in [2.45, 2.75) is 37.9 Å². The van der Waals surface area contributed by atoms with E-state index in [1.54, 1.807) is 18.2 Å². The molecule has 1 saturated carbocycles. The molecule has 0 spiro atoms. The minimum absolute atomic E-state index is 0.0508. The molecule has 2 aliphatic rings. The van der Waals surface area contributed by atoms with Crippen LogP contribution in [0, 0.1) is 11.7 Å². The summed E-state index contributed by atoms with van der Waals surface area (Å²) >= 11 is 0. The SMILES string of the molecule is O=C(NCc1ccccc1F)C1NNC2CCCC21. The standard InChI is InChI=1S/C14H18FN3O/c15-11-6-2-1-4-9(11)8-16-14(19)13-10-5-3-7-12(10)17-18-13/h1-2,4,6,10,12-13,17-18H,3,5,7-8H2,(H,16,19). The molecule has 3 rings (SSSR count). The van der Waals surface area contributed by atoms with E-state index in [0.717, 1.165) is 12.8 Å². The van der Waals surface area contributed by atoms with Crippen LogP contribution in [-0.4, -0.2) is 18.0 Å². The molecule has 3 unspecified atom stereocenters. The molecule has 102 valence electrons. The van der Waals surface area contributed by atoms with E-state index in [0.29, 0.717) is 17.5 Å². The molecule has 0 aromatic heterocycles. The number of hydrogen-bond acceptors (Lipinski definition) is 3. The Labute approximate surface area is 111 Å². The number of rotatable bonds is 3. The summed E-state index contributed by atoms with van der Waals surface area (Å²) in [5.41, 5.74) is 6.75. The van der Waals surface area contributed by atoms with E-state index >= 15 is 0 Å². The normalized spacial score (nSPS) is 29.2. The minimum Gasteiger partial charge on any atom is -0.351 e. The van der Waals surface area contributed by atoms with E-state index < -0.39 is 0 Å². The quantitative estimate of drug-likeness (QED) is 0.765. The summed E-state index contributed by atoms with van der Waals surface area (Å²) in [6.45, 7) is 0.237. The molecular formula is C14H18FN3O. The monoisotopic (exact) mass is 263 g/mol. The van der Waals surface area contributed by atoms with Crippen LogP contribution in [0.25, 0.3) is 0 Å². The maximum atomic E-state index is 13.5. The Kier molecular flexibility index (Phi) is 3.48. The van der Waals surface area contributed by atoms with E-state index in [1.165, 1.54) is 12.5 Å². The van der Waals surface area contributed by atoms with E-state index in [2.05, 4.69) is 16.2 Å². The van der Waals surface area contributed by atoms with Gasteiger partial charge in [0.2, 0.25) is 5.91 Å². The van der Waals surface area contributed by atoms with Gasteiger partial charge >= 0.3 is 0 Å². The molecule has 1 aliphatic heterocycles. The molecule has 2 fully saturated rings. The molecule has 5 heteroatoms.